The van der Waals surface area contributed by atoms with E-state index in [1.54, 1.807) is 6.92 Å². The molecule has 1 aliphatic rings. The third-order valence-electron chi connectivity index (χ3n) is 3.50. The largest absolute Gasteiger partial charge is 0.487 e. The first-order chi connectivity index (χ1) is 9.83. The fourth-order valence-electron chi connectivity index (χ4n) is 2.64. The van der Waals surface area contributed by atoms with Gasteiger partial charge in [0.1, 0.15) is 11.4 Å². The van der Waals surface area contributed by atoms with Crippen LogP contribution >= 0.6 is 0 Å². The van der Waals surface area contributed by atoms with E-state index in [0.717, 1.165) is 17.7 Å². The molecule has 2 N–H and O–H groups in total. The molecule has 2 rings (SSSR count). The molecule has 0 amide bonds. The van der Waals surface area contributed by atoms with Crippen LogP contribution in [0.3, 0.4) is 0 Å². The van der Waals surface area contributed by atoms with Crippen LogP contribution in [0.1, 0.15) is 38.8 Å². The summed E-state index contributed by atoms with van der Waals surface area (Å²) in [5.41, 5.74) is 0.838. The van der Waals surface area contributed by atoms with Crippen molar-refractivity contribution in [1.82, 2.24) is 10.0 Å². The molecule has 21 heavy (non-hydrogen) atoms. The molecule has 0 spiro atoms. The summed E-state index contributed by atoms with van der Waals surface area (Å²) in [5.74, 6) is 0.960. The molecule has 118 valence electrons. The molecule has 1 atom stereocenters. The van der Waals surface area contributed by atoms with Crippen LogP contribution in [0.25, 0.3) is 0 Å². The minimum absolute atomic E-state index is 0.0841. The van der Waals surface area contributed by atoms with Gasteiger partial charge in [-0.05, 0) is 19.9 Å². The van der Waals surface area contributed by atoms with Crippen LogP contribution in [0.5, 0.6) is 5.75 Å². The van der Waals surface area contributed by atoms with Gasteiger partial charge in [-0.2, -0.15) is 0 Å². The number of para-hydroxylation sites is 1. The first-order valence-corrected chi connectivity index (χ1v) is 8.97. The number of sulfonamides is 1. The van der Waals surface area contributed by atoms with Crippen molar-refractivity contribution in [3.8, 4) is 5.75 Å². The summed E-state index contributed by atoms with van der Waals surface area (Å²) in [4.78, 5) is 0. The molecule has 1 aromatic rings. The van der Waals surface area contributed by atoms with E-state index in [1.165, 1.54) is 0 Å². The lowest BCUT2D eigenvalue weighted by Crippen LogP contribution is -2.41. The summed E-state index contributed by atoms with van der Waals surface area (Å²) < 4.78 is 31.8. The Balaban J connectivity index is 2.03. The van der Waals surface area contributed by atoms with Crippen LogP contribution in [0.4, 0.5) is 0 Å². The Kier molecular flexibility index (Phi) is 4.91. The summed E-state index contributed by atoms with van der Waals surface area (Å²) in [6.07, 6.45) is 0.811. The second kappa shape index (κ2) is 6.34. The average Bonchev–Trinajstić information content (AvgIpc) is 2.37. The fraction of sp³-hybridized carbons (Fsp3) is 0.600. The second-order valence-electron chi connectivity index (χ2n) is 5.93. The molecular weight excluding hydrogens is 288 g/mol. The Hall–Kier alpha value is -1.11. The number of rotatable bonds is 6. The molecule has 1 aliphatic heterocycles. The SMILES string of the molecule is CCNS(=O)(=O)CCNC1CC(C)(C)Oc2ccccc21. The maximum Gasteiger partial charge on any atom is 0.212 e. The van der Waals surface area contributed by atoms with Gasteiger partial charge in [0.15, 0.2) is 0 Å². The highest BCUT2D eigenvalue weighted by Gasteiger charge is 2.33. The Bertz CT molecular complexity index is 584. The normalized spacial score (nSPS) is 20.6. The van der Waals surface area contributed by atoms with Gasteiger partial charge in [-0.1, -0.05) is 25.1 Å². The number of nitrogens with one attached hydrogen (secondary N) is 2. The molecular formula is C15H24N2O3S. The van der Waals surface area contributed by atoms with Gasteiger partial charge in [0.2, 0.25) is 10.0 Å². The Morgan fingerprint density at radius 2 is 2.05 bits per heavy atom. The van der Waals surface area contributed by atoms with Crippen LogP contribution in [0.15, 0.2) is 24.3 Å². The molecule has 0 radical (unpaired) electrons. The minimum atomic E-state index is -3.18. The molecule has 1 heterocycles. The molecule has 6 heteroatoms. The number of fused-ring (bicyclic) bond motifs is 1. The van der Waals surface area contributed by atoms with Gasteiger partial charge in [-0.15, -0.1) is 0 Å². The van der Waals surface area contributed by atoms with E-state index in [9.17, 15) is 8.42 Å². The smallest absolute Gasteiger partial charge is 0.212 e. The first kappa shape index (κ1) is 16.3. The topological polar surface area (TPSA) is 67.4 Å². The maximum absolute atomic E-state index is 11.7. The van der Waals surface area contributed by atoms with Crippen LogP contribution in [0.2, 0.25) is 0 Å². The number of ether oxygens (including phenoxy) is 1. The minimum Gasteiger partial charge on any atom is -0.487 e. The van der Waals surface area contributed by atoms with Crippen LogP contribution in [-0.2, 0) is 10.0 Å². The molecule has 0 aliphatic carbocycles. The second-order valence-corrected chi connectivity index (χ2v) is 7.85. The quantitative estimate of drug-likeness (QED) is 0.841. The van der Waals surface area contributed by atoms with E-state index in [1.807, 2.05) is 38.1 Å². The van der Waals surface area contributed by atoms with Crippen molar-refractivity contribution in [2.45, 2.75) is 38.8 Å². The van der Waals surface area contributed by atoms with Crippen molar-refractivity contribution in [1.29, 1.82) is 0 Å². The van der Waals surface area contributed by atoms with Gasteiger partial charge < -0.3 is 10.1 Å². The lowest BCUT2D eigenvalue weighted by Gasteiger charge is -2.38. The fourth-order valence-corrected chi connectivity index (χ4v) is 3.61. The lowest BCUT2D eigenvalue weighted by molar-refractivity contribution is 0.0665. The summed E-state index contributed by atoms with van der Waals surface area (Å²) in [6, 6.07) is 8.03. The summed E-state index contributed by atoms with van der Waals surface area (Å²) in [7, 11) is -3.18. The zero-order chi connectivity index (χ0) is 15.5. The van der Waals surface area contributed by atoms with Crippen molar-refractivity contribution in [2.75, 3.05) is 18.8 Å². The van der Waals surface area contributed by atoms with E-state index >= 15 is 0 Å². The molecule has 0 saturated heterocycles. The van der Waals surface area contributed by atoms with E-state index < -0.39 is 10.0 Å². The highest BCUT2D eigenvalue weighted by molar-refractivity contribution is 7.89. The standard InChI is InChI=1S/C15H24N2O3S/c1-4-17-21(18,19)10-9-16-13-11-15(2,3)20-14-8-6-5-7-12(13)14/h5-8,13,16-17H,4,9-11H2,1-3H3. The monoisotopic (exact) mass is 312 g/mol. The molecule has 0 bridgehead atoms. The van der Waals surface area contributed by atoms with Crippen molar-refractivity contribution < 1.29 is 13.2 Å². The average molecular weight is 312 g/mol. The molecule has 1 aromatic carbocycles. The zero-order valence-corrected chi connectivity index (χ0v) is 13.7. The molecule has 0 saturated carbocycles. The number of benzene rings is 1. The number of hydrogen-bond donors (Lipinski definition) is 2. The van der Waals surface area contributed by atoms with Gasteiger partial charge >= 0.3 is 0 Å². The third kappa shape index (κ3) is 4.43. The van der Waals surface area contributed by atoms with Crippen LogP contribution < -0.4 is 14.8 Å². The maximum atomic E-state index is 11.7. The molecule has 0 aromatic heterocycles. The van der Waals surface area contributed by atoms with Crippen molar-refractivity contribution in [3.63, 3.8) is 0 Å². The predicted molar refractivity (Wildman–Crippen MR) is 84.0 cm³/mol. The highest BCUT2D eigenvalue weighted by Crippen LogP contribution is 2.38. The predicted octanol–water partition coefficient (Wildman–Crippen LogP) is 1.82. The van der Waals surface area contributed by atoms with Crippen molar-refractivity contribution in [2.24, 2.45) is 0 Å². The van der Waals surface area contributed by atoms with Gasteiger partial charge in [0.25, 0.3) is 0 Å². The van der Waals surface area contributed by atoms with Gasteiger partial charge in [0.05, 0.1) is 5.75 Å². The first-order valence-electron chi connectivity index (χ1n) is 7.32. The molecule has 1 unspecified atom stereocenters. The zero-order valence-electron chi connectivity index (χ0n) is 12.8. The Morgan fingerprint density at radius 3 is 2.76 bits per heavy atom. The highest BCUT2D eigenvalue weighted by atomic mass is 32.2. The van der Waals surface area contributed by atoms with E-state index in [-0.39, 0.29) is 17.4 Å². The Labute approximate surface area is 127 Å². The van der Waals surface area contributed by atoms with Crippen LogP contribution in [-0.4, -0.2) is 32.9 Å². The Morgan fingerprint density at radius 1 is 1.33 bits per heavy atom. The van der Waals surface area contributed by atoms with Crippen molar-refractivity contribution >= 4 is 10.0 Å². The van der Waals surface area contributed by atoms with E-state index in [0.29, 0.717) is 13.1 Å². The summed E-state index contributed by atoms with van der Waals surface area (Å²) >= 11 is 0. The molecule has 0 fully saturated rings. The van der Waals surface area contributed by atoms with Crippen LogP contribution in [0, 0.1) is 0 Å². The van der Waals surface area contributed by atoms with E-state index in [2.05, 4.69) is 10.0 Å². The van der Waals surface area contributed by atoms with E-state index in [4.69, 9.17) is 4.74 Å². The number of hydrogen-bond acceptors (Lipinski definition) is 4. The van der Waals surface area contributed by atoms with Gasteiger partial charge in [-0.3, -0.25) is 0 Å². The third-order valence-corrected chi connectivity index (χ3v) is 4.97. The lowest BCUT2D eigenvalue weighted by atomic mass is 9.90. The molecule has 5 nitrogen and oxygen atoms in total. The van der Waals surface area contributed by atoms with Gasteiger partial charge in [0, 0.05) is 31.1 Å². The van der Waals surface area contributed by atoms with Crippen molar-refractivity contribution in [3.05, 3.63) is 29.8 Å². The summed E-state index contributed by atoms with van der Waals surface area (Å²) in [5, 5.41) is 3.35. The van der Waals surface area contributed by atoms with Gasteiger partial charge in [-0.25, -0.2) is 13.1 Å². The summed E-state index contributed by atoms with van der Waals surface area (Å²) in [6.45, 7) is 6.72.